The van der Waals surface area contributed by atoms with Gasteiger partial charge in [0.2, 0.25) is 0 Å². The summed E-state index contributed by atoms with van der Waals surface area (Å²) in [6, 6.07) is 30.0. The van der Waals surface area contributed by atoms with Crippen LogP contribution in [0.5, 0.6) is 0 Å². The Morgan fingerprint density at radius 3 is 2.43 bits per heavy atom. The number of hydrogen-bond acceptors (Lipinski definition) is 4. The van der Waals surface area contributed by atoms with Gasteiger partial charge in [-0.2, -0.15) is 5.10 Å². The number of aromatic nitrogens is 2. The van der Waals surface area contributed by atoms with Crippen LogP contribution in [0.25, 0.3) is 22.0 Å². The first-order valence-electron chi connectivity index (χ1n) is 15.4. The monoisotopic (exact) mass is 585 g/mol. The number of ether oxygens (including phenoxy) is 1. The van der Waals surface area contributed by atoms with Gasteiger partial charge in [0, 0.05) is 10.9 Å². The zero-order valence-corrected chi connectivity index (χ0v) is 26.1. The molecule has 0 saturated heterocycles. The number of fused-ring (bicyclic) bond motifs is 1. The lowest BCUT2D eigenvalue weighted by molar-refractivity contribution is 0.00703. The van der Waals surface area contributed by atoms with Crippen molar-refractivity contribution in [1.29, 1.82) is 0 Å². The van der Waals surface area contributed by atoms with Crippen molar-refractivity contribution in [3.8, 4) is 11.1 Å². The van der Waals surface area contributed by atoms with Crippen LogP contribution in [-0.4, -0.2) is 27.3 Å². The quantitative estimate of drug-likeness (QED) is 0.186. The van der Waals surface area contributed by atoms with E-state index in [-0.39, 0.29) is 17.9 Å². The lowest BCUT2D eigenvalue weighted by atomic mass is 9.98. The van der Waals surface area contributed by atoms with Crippen molar-refractivity contribution in [3.63, 3.8) is 0 Å². The molecule has 0 radical (unpaired) electrons. The molecule has 5 aromatic rings. The fraction of sp³-hybridized carbons (Fsp3) is 0.289. The van der Waals surface area contributed by atoms with Gasteiger partial charge in [0.15, 0.2) is 0 Å². The van der Waals surface area contributed by atoms with E-state index < -0.39 is 5.60 Å². The Bertz CT molecular complexity index is 1840. The molecule has 6 rings (SSSR count). The first-order chi connectivity index (χ1) is 21.1. The molecule has 1 saturated carbocycles. The molecule has 1 N–H and O–H groups in total. The zero-order chi connectivity index (χ0) is 31.0. The molecule has 1 amide bonds. The molecule has 1 atom stereocenters. The van der Waals surface area contributed by atoms with Crippen LogP contribution in [0.1, 0.15) is 95.6 Å². The summed E-state index contributed by atoms with van der Waals surface area (Å²) in [5, 5.41) is 8.94. The summed E-state index contributed by atoms with van der Waals surface area (Å²) in [5.41, 5.74) is 7.82. The number of hydrogen-bond donors (Lipinski definition) is 1. The second kappa shape index (κ2) is 11.8. The van der Waals surface area contributed by atoms with Crippen molar-refractivity contribution >= 4 is 22.8 Å². The van der Waals surface area contributed by atoms with Gasteiger partial charge in [-0.25, -0.2) is 4.79 Å². The molecule has 1 aromatic heterocycles. The van der Waals surface area contributed by atoms with Gasteiger partial charge in [-0.3, -0.25) is 9.48 Å². The van der Waals surface area contributed by atoms with Crippen molar-refractivity contribution in [2.45, 2.75) is 71.6 Å². The Morgan fingerprint density at radius 1 is 0.955 bits per heavy atom. The molecule has 0 unspecified atom stereocenters. The smallest absolute Gasteiger partial charge is 0.339 e. The van der Waals surface area contributed by atoms with Crippen molar-refractivity contribution in [2.24, 2.45) is 0 Å². The summed E-state index contributed by atoms with van der Waals surface area (Å²) < 4.78 is 7.61. The van der Waals surface area contributed by atoms with E-state index in [0.29, 0.717) is 23.6 Å². The Hall–Kier alpha value is -4.71. The van der Waals surface area contributed by atoms with E-state index >= 15 is 0 Å². The highest BCUT2D eigenvalue weighted by Crippen LogP contribution is 2.40. The molecule has 6 nitrogen and oxygen atoms in total. The van der Waals surface area contributed by atoms with Crippen LogP contribution in [0, 0.1) is 6.92 Å². The third-order valence-corrected chi connectivity index (χ3v) is 8.15. The molecular weight excluding hydrogens is 546 g/mol. The first-order valence-corrected chi connectivity index (χ1v) is 15.4. The van der Waals surface area contributed by atoms with Crippen LogP contribution in [0.2, 0.25) is 0 Å². The maximum absolute atomic E-state index is 13.2. The number of amides is 1. The van der Waals surface area contributed by atoms with Crippen molar-refractivity contribution in [2.75, 3.05) is 0 Å². The number of rotatable bonds is 8. The number of nitrogens with one attached hydrogen (secondary N) is 1. The lowest BCUT2D eigenvalue weighted by Gasteiger charge is -2.20. The van der Waals surface area contributed by atoms with Crippen LogP contribution in [0.15, 0.2) is 91.0 Å². The number of nitrogens with zero attached hydrogens (tertiary/aromatic N) is 2. The van der Waals surface area contributed by atoms with E-state index in [1.165, 1.54) is 18.4 Å². The first kappa shape index (κ1) is 29.4. The molecule has 1 heterocycles. The molecule has 0 aliphatic heterocycles. The minimum absolute atomic E-state index is 0.0835. The van der Waals surface area contributed by atoms with Gasteiger partial charge < -0.3 is 10.1 Å². The molecule has 6 heteroatoms. The molecule has 224 valence electrons. The maximum atomic E-state index is 13.2. The average Bonchev–Trinajstić information content (AvgIpc) is 3.81. The van der Waals surface area contributed by atoms with Crippen molar-refractivity contribution in [1.82, 2.24) is 15.1 Å². The van der Waals surface area contributed by atoms with Gasteiger partial charge in [-0.1, -0.05) is 66.7 Å². The molecule has 44 heavy (non-hydrogen) atoms. The molecule has 1 aliphatic carbocycles. The molecule has 1 fully saturated rings. The summed E-state index contributed by atoms with van der Waals surface area (Å²) in [5.74, 6) is 0.255. The minimum Gasteiger partial charge on any atom is -0.456 e. The highest BCUT2D eigenvalue weighted by Gasteiger charge is 2.24. The number of benzene rings is 4. The van der Waals surface area contributed by atoms with E-state index in [1.54, 1.807) is 6.07 Å². The summed E-state index contributed by atoms with van der Waals surface area (Å²) in [6.45, 7) is 10.2. The number of aryl methyl sites for hydroxylation is 1. The van der Waals surface area contributed by atoms with Gasteiger partial charge >= 0.3 is 5.97 Å². The maximum Gasteiger partial charge on any atom is 0.339 e. The summed E-state index contributed by atoms with van der Waals surface area (Å²) in [6.07, 6.45) is 2.51. The van der Waals surface area contributed by atoms with E-state index in [1.807, 2.05) is 87.8 Å². The molecular formula is C38H39N3O3. The molecule has 0 spiro atoms. The largest absolute Gasteiger partial charge is 0.456 e. The van der Waals surface area contributed by atoms with Crippen LogP contribution >= 0.6 is 0 Å². The van der Waals surface area contributed by atoms with Gasteiger partial charge in [-0.05, 0) is 105 Å². The van der Waals surface area contributed by atoms with Crippen LogP contribution in [0.4, 0.5) is 0 Å². The molecule has 4 aromatic carbocycles. The number of carbonyl (C=O) groups excluding carboxylic acids is 2. The Labute approximate surface area is 259 Å². The minimum atomic E-state index is -0.566. The molecule has 0 bridgehead atoms. The Kier molecular flexibility index (Phi) is 7.85. The highest BCUT2D eigenvalue weighted by molar-refractivity contribution is 5.99. The topological polar surface area (TPSA) is 73.2 Å². The number of esters is 1. The van der Waals surface area contributed by atoms with Crippen molar-refractivity contribution in [3.05, 3.63) is 125 Å². The lowest BCUT2D eigenvalue weighted by Crippen LogP contribution is -2.26. The van der Waals surface area contributed by atoms with Gasteiger partial charge in [0.05, 0.1) is 29.4 Å². The van der Waals surface area contributed by atoms with Gasteiger partial charge in [0.1, 0.15) is 5.60 Å². The fourth-order valence-corrected chi connectivity index (χ4v) is 5.67. The van der Waals surface area contributed by atoms with Crippen LogP contribution < -0.4 is 5.32 Å². The summed E-state index contributed by atoms with van der Waals surface area (Å²) in [4.78, 5) is 26.1. The standard InChI is InChI=1S/C38H39N3O3/c1-24(29-9-8-10-30(21-29)27-17-18-27)39-36(42)31-19-20-35-34(22-31)25(2)40-41(35)23-26-13-15-28(16-14-26)32-11-6-7-12-33(32)37(43)44-38(3,4)5/h6-16,19-22,24,27H,17-18,23H2,1-5H3,(H,39,42)/t24-/m0/s1. The van der Waals surface area contributed by atoms with E-state index in [4.69, 9.17) is 9.84 Å². The van der Waals surface area contributed by atoms with Crippen molar-refractivity contribution < 1.29 is 14.3 Å². The zero-order valence-electron chi connectivity index (χ0n) is 26.1. The normalized spacial score (nSPS) is 13.9. The third-order valence-electron chi connectivity index (χ3n) is 8.15. The van der Waals surface area contributed by atoms with E-state index in [0.717, 1.165) is 38.9 Å². The number of carbonyl (C=O) groups is 2. The predicted octanol–water partition coefficient (Wildman–Crippen LogP) is 8.38. The van der Waals surface area contributed by atoms with E-state index in [2.05, 4.69) is 41.7 Å². The molecule has 1 aliphatic rings. The Morgan fingerprint density at radius 2 is 1.70 bits per heavy atom. The van der Waals surface area contributed by atoms with E-state index in [9.17, 15) is 9.59 Å². The SMILES string of the molecule is Cc1nn(Cc2ccc(-c3ccccc3C(=O)OC(C)(C)C)cc2)c2ccc(C(=O)N[C@@H](C)c3cccc(C4CC4)c3)cc12. The second-order valence-corrected chi connectivity index (χ2v) is 12.9. The van der Waals surface area contributed by atoms with Crippen LogP contribution in [0.3, 0.4) is 0 Å². The average molecular weight is 586 g/mol. The summed E-state index contributed by atoms with van der Waals surface area (Å²) in [7, 11) is 0. The van der Waals surface area contributed by atoms with Gasteiger partial charge in [-0.15, -0.1) is 0 Å². The third kappa shape index (κ3) is 6.45. The van der Waals surface area contributed by atoms with Crippen LogP contribution in [-0.2, 0) is 11.3 Å². The Balaban J connectivity index is 1.17. The van der Waals surface area contributed by atoms with Gasteiger partial charge in [0.25, 0.3) is 5.91 Å². The second-order valence-electron chi connectivity index (χ2n) is 12.9. The predicted molar refractivity (Wildman–Crippen MR) is 175 cm³/mol. The highest BCUT2D eigenvalue weighted by atomic mass is 16.6. The fourth-order valence-electron chi connectivity index (χ4n) is 5.67. The summed E-state index contributed by atoms with van der Waals surface area (Å²) >= 11 is 0.